The first-order chi connectivity index (χ1) is 11.1. The van der Waals surface area contributed by atoms with Crippen LogP contribution in [0, 0.1) is 11.3 Å². The average molecular weight is 316 g/mol. The van der Waals surface area contributed by atoms with Gasteiger partial charge in [-0.05, 0) is 50.8 Å². The van der Waals surface area contributed by atoms with Crippen molar-refractivity contribution in [1.29, 1.82) is 5.26 Å². The van der Waals surface area contributed by atoms with Gasteiger partial charge in [0.2, 0.25) is 0 Å². The number of nitriles is 1. The van der Waals surface area contributed by atoms with Crippen LogP contribution < -0.4 is 9.47 Å². The van der Waals surface area contributed by atoms with E-state index in [1.54, 1.807) is 37.3 Å². The maximum Gasteiger partial charge on any atom is 0.254 e. The molecule has 0 saturated heterocycles. The number of hydrogen-bond donors (Lipinski definition) is 0. The van der Waals surface area contributed by atoms with Crippen LogP contribution in [0.4, 0.5) is 0 Å². The molecule has 1 unspecified atom stereocenters. The number of benzene rings is 1. The molecule has 0 heterocycles. The van der Waals surface area contributed by atoms with Crippen molar-refractivity contribution >= 4 is 5.91 Å². The molecule has 1 aliphatic carbocycles. The Balaban J connectivity index is 2.14. The van der Waals surface area contributed by atoms with Crippen LogP contribution in [-0.4, -0.2) is 37.1 Å². The Bertz CT molecular complexity index is 588. The average Bonchev–Trinajstić information content (AvgIpc) is 3.07. The number of carbonyl (C=O) groups is 1. The lowest BCUT2D eigenvalue weighted by Gasteiger charge is -2.23. The van der Waals surface area contributed by atoms with Crippen molar-refractivity contribution in [2.24, 2.45) is 0 Å². The Morgan fingerprint density at radius 2 is 2.09 bits per heavy atom. The predicted molar refractivity (Wildman–Crippen MR) is 87.7 cm³/mol. The maximum atomic E-state index is 12.5. The maximum absolute atomic E-state index is 12.5. The van der Waals surface area contributed by atoms with E-state index in [0.717, 1.165) is 12.8 Å². The lowest BCUT2D eigenvalue weighted by atomic mass is 10.1. The molecule has 124 valence electrons. The molecule has 23 heavy (non-hydrogen) atoms. The van der Waals surface area contributed by atoms with Gasteiger partial charge in [0.1, 0.15) is 0 Å². The number of hydrogen-bond acceptors (Lipinski definition) is 4. The van der Waals surface area contributed by atoms with Crippen molar-refractivity contribution in [1.82, 2.24) is 4.90 Å². The van der Waals surface area contributed by atoms with Crippen molar-refractivity contribution in [3.8, 4) is 17.6 Å². The highest BCUT2D eigenvalue weighted by atomic mass is 16.5. The summed E-state index contributed by atoms with van der Waals surface area (Å²) < 4.78 is 11.4. The zero-order valence-electron chi connectivity index (χ0n) is 14.0. The first kappa shape index (κ1) is 17.1. The second-order valence-corrected chi connectivity index (χ2v) is 6.02. The van der Waals surface area contributed by atoms with Gasteiger partial charge in [0.15, 0.2) is 11.5 Å². The van der Waals surface area contributed by atoms with Crippen LogP contribution in [0.15, 0.2) is 18.2 Å². The van der Waals surface area contributed by atoms with Gasteiger partial charge in [-0.2, -0.15) is 5.26 Å². The van der Waals surface area contributed by atoms with Gasteiger partial charge in [-0.25, -0.2) is 0 Å². The Labute approximate surface area is 137 Å². The molecule has 1 amide bonds. The van der Waals surface area contributed by atoms with Gasteiger partial charge in [0.25, 0.3) is 5.91 Å². The summed E-state index contributed by atoms with van der Waals surface area (Å²) in [7, 11) is 3.28. The summed E-state index contributed by atoms with van der Waals surface area (Å²) >= 11 is 0. The molecule has 1 fully saturated rings. The van der Waals surface area contributed by atoms with Crippen molar-refractivity contribution in [3.05, 3.63) is 23.8 Å². The van der Waals surface area contributed by atoms with E-state index in [0.29, 0.717) is 23.5 Å². The summed E-state index contributed by atoms with van der Waals surface area (Å²) in [5, 5.41) is 8.77. The van der Waals surface area contributed by atoms with Gasteiger partial charge in [-0.3, -0.25) is 4.79 Å². The lowest BCUT2D eigenvalue weighted by Crippen LogP contribution is -2.34. The molecule has 1 aliphatic rings. The van der Waals surface area contributed by atoms with Crippen LogP contribution in [0.3, 0.4) is 0 Å². The first-order valence-electron chi connectivity index (χ1n) is 8.05. The molecule has 1 aromatic carbocycles. The molecular weight excluding hydrogens is 292 g/mol. The minimum Gasteiger partial charge on any atom is -0.493 e. The summed E-state index contributed by atoms with van der Waals surface area (Å²) in [6.45, 7) is 1.86. The summed E-state index contributed by atoms with van der Waals surface area (Å²) in [4.78, 5) is 14.1. The SMILES string of the molecule is COc1cc(C(=O)N(C)C(C)CC#N)ccc1OC1CCCC1. The first-order valence-corrected chi connectivity index (χ1v) is 8.05. The molecule has 1 atom stereocenters. The largest absolute Gasteiger partial charge is 0.493 e. The molecule has 5 heteroatoms. The Hall–Kier alpha value is -2.22. The van der Waals surface area contributed by atoms with E-state index in [9.17, 15) is 4.79 Å². The molecule has 0 aromatic heterocycles. The highest BCUT2D eigenvalue weighted by Gasteiger charge is 2.21. The molecule has 5 nitrogen and oxygen atoms in total. The third-order valence-electron chi connectivity index (χ3n) is 4.37. The Kier molecular flexibility index (Phi) is 5.86. The molecule has 2 rings (SSSR count). The lowest BCUT2D eigenvalue weighted by molar-refractivity contribution is 0.0745. The molecule has 0 spiro atoms. The van der Waals surface area contributed by atoms with Crippen LogP contribution in [0.5, 0.6) is 11.5 Å². The van der Waals surface area contributed by atoms with Crippen LogP contribution in [0.25, 0.3) is 0 Å². The fourth-order valence-corrected chi connectivity index (χ4v) is 2.76. The highest BCUT2D eigenvalue weighted by molar-refractivity contribution is 5.95. The topological polar surface area (TPSA) is 62.6 Å². The number of nitrogens with zero attached hydrogens (tertiary/aromatic N) is 2. The zero-order valence-corrected chi connectivity index (χ0v) is 14.0. The van der Waals surface area contributed by atoms with Gasteiger partial charge < -0.3 is 14.4 Å². The van der Waals surface area contributed by atoms with Gasteiger partial charge in [-0.1, -0.05) is 0 Å². The molecular formula is C18H24N2O3. The van der Waals surface area contributed by atoms with E-state index >= 15 is 0 Å². The second kappa shape index (κ2) is 7.87. The molecule has 0 aliphatic heterocycles. The summed E-state index contributed by atoms with van der Waals surface area (Å²) in [6.07, 6.45) is 5.08. The van der Waals surface area contributed by atoms with Crippen LogP contribution in [0.2, 0.25) is 0 Å². The van der Waals surface area contributed by atoms with Crippen LogP contribution >= 0.6 is 0 Å². The number of rotatable bonds is 6. The smallest absolute Gasteiger partial charge is 0.254 e. The molecule has 1 saturated carbocycles. The summed E-state index contributed by atoms with van der Waals surface area (Å²) in [5.74, 6) is 1.13. The normalized spacial score (nSPS) is 15.7. The quantitative estimate of drug-likeness (QED) is 0.807. The Morgan fingerprint density at radius 3 is 2.70 bits per heavy atom. The summed E-state index contributed by atoms with van der Waals surface area (Å²) in [6, 6.07) is 7.22. The molecule has 0 radical (unpaired) electrons. The number of ether oxygens (including phenoxy) is 2. The van der Waals surface area contributed by atoms with Crippen molar-refractivity contribution in [3.63, 3.8) is 0 Å². The monoisotopic (exact) mass is 316 g/mol. The molecule has 0 N–H and O–H groups in total. The third-order valence-corrected chi connectivity index (χ3v) is 4.37. The second-order valence-electron chi connectivity index (χ2n) is 6.02. The van der Waals surface area contributed by atoms with E-state index < -0.39 is 0 Å². The van der Waals surface area contributed by atoms with Gasteiger partial charge in [-0.15, -0.1) is 0 Å². The number of amides is 1. The van der Waals surface area contributed by atoms with Gasteiger partial charge in [0, 0.05) is 18.7 Å². The molecule has 1 aromatic rings. The van der Waals surface area contributed by atoms with E-state index in [1.807, 2.05) is 6.92 Å². The van der Waals surface area contributed by atoms with Gasteiger partial charge >= 0.3 is 0 Å². The third kappa shape index (κ3) is 4.16. The van der Waals surface area contributed by atoms with Crippen LogP contribution in [0.1, 0.15) is 49.4 Å². The van der Waals surface area contributed by atoms with Crippen molar-refractivity contribution in [2.75, 3.05) is 14.2 Å². The summed E-state index contributed by atoms with van der Waals surface area (Å²) in [5.41, 5.74) is 0.535. The van der Waals surface area contributed by atoms with Crippen molar-refractivity contribution in [2.45, 2.75) is 51.2 Å². The van der Waals surface area contributed by atoms with E-state index in [1.165, 1.54) is 12.8 Å². The van der Waals surface area contributed by atoms with Gasteiger partial charge in [0.05, 0.1) is 25.7 Å². The number of carbonyl (C=O) groups excluding carboxylic acids is 1. The fraction of sp³-hybridized carbons (Fsp3) is 0.556. The standard InChI is InChI=1S/C18H24N2O3/c1-13(10-11-19)20(2)18(21)14-8-9-16(17(12-14)22-3)23-15-6-4-5-7-15/h8-9,12-13,15H,4-7,10H2,1-3H3. The predicted octanol–water partition coefficient (Wildman–Crippen LogP) is 3.39. The van der Waals surface area contributed by atoms with Crippen molar-refractivity contribution < 1.29 is 14.3 Å². The molecule has 0 bridgehead atoms. The van der Waals surface area contributed by atoms with Crippen LogP contribution in [-0.2, 0) is 0 Å². The minimum absolute atomic E-state index is 0.126. The highest BCUT2D eigenvalue weighted by Crippen LogP contribution is 2.32. The fourth-order valence-electron chi connectivity index (χ4n) is 2.76. The minimum atomic E-state index is -0.132. The Morgan fingerprint density at radius 1 is 1.39 bits per heavy atom. The number of methoxy groups -OCH3 is 1. The zero-order chi connectivity index (χ0) is 16.8. The van der Waals surface area contributed by atoms with E-state index in [4.69, 9.17) is 14.7 Å². The van der Waals surface area contributed by atoms with E-state index in [2.05, 4.69) is 6.07 Å². The van der Waals surface area contributed by atoms with E-state index in [-0.39, 0.29) is 18.1 Å².